The molecule has 3 rings (SSSR count). The van der Waals surface area contributed by atoms with Crippen molar-refractivity contribution in [3.63, 3.8) is 0 Å². The fourth-order valence-electron chi connectivity index (χ4n) is 4.09. The van der Waals surface area contributed by atoms with E-state index in [9.17, 15) is 0 Å². The van der Waals surface area contributed by atoms with Crippen LogP contribution in [0.3, 0.4) is 0 Å². The van der Waals surface area contributed by atoms with Crippen molar-refractivity contribution in [1.29, 1.82) is 0 Å². The Balaban J connectivity index is 1.69. The normalized spacial score (nSPS) is 32.0. The molecule has 3 heteroatoms. The summed E-state index contributed by atoms with van der Waals surface area (Å²) in [5, 5.41) is 4.13. The van der Waals surface area contributed by atoms with Crippen LogP contribution in [0.2, 0.25) is 5.22 Å². The average Bonchev–Trinajstić information content (AvgIpc) is 3.04. The summed E-state index contributed by atoms with van der Waals surface area (Å²) in [6, 6.07) is 2.38. The first-order valence-corrected chi connectivity index (χ1v) is 7.62. The maximum atomic E-state index is 6.13. The highest BCUT2D eigenvalue weighted by atomic mass is 35.5. The van der Waals surface area contributed by atoms with E-state index in [0.717, 1.165) is 29.9 Å². The highest BCUT2D eigenvalue weighted by Crippen LogP contribution is 2.51. The number of fused-ring (bicyclic) bond motifs is 2. The lowest BCUT2D eigenvalue weighted by molar-refractivity contribution is 0.280. The van der Waals surface area contributed by atoms with Crippen molar-refractivity contribution >= 4 is 11.6 Å². The first kappa shape index (κ1) is 12.6. The average molecular weight is 268 g/mol. The molecule has 1 aromatic rings. The third kappa shape index (κ3) is 2.33. The minimum absolute atomic E-state index is 0.366. The molecule has 2 saturated carbocycles. The molecule has 0 aliphatic heterocycles. The molecule has 2 aliphatic rings. The molecule has 2 aliphatic carbocycles. The van der Waals surface area contributed by atoms with Gasteiger partial charge in [0.15, 0.2) is 5.22 Å². The predicted molar refractivity (Wildman–Crippen MR) is 73.7 cm³/mol. The summed E-state index contributed by atoms with van der Waals surface area (Å²) in [5.41, 5.74) is 1.14. The van der Waals surface area contributed by atoms with E-state index < -0.39 is 0 Å². The molecule has 2 bridgehead atoms. The number of rotatable bonds is 5. The standard InChI is InChI=1S/C15H22ClNO/c1-2-17-14(13-5-6-18-15(13)16)9-12-8-10-3-4-11(12)7-10/h5-6,10-12,14,17H,2-4,7-9H2,1H3. The predicted octanol–water partition coefficient (Wildman–Crippen LogP) is 4.41. The van der Waals surface area contributed by atoms with E-state index in [-0.39, 0.29) is 0 Å². The molecule has 2 fully saturated rings. The van der Waals surface area contributed by atoms with Gasteiger partial charge in [-0.1, -0.05) is 13.3 Å². The van der Waals surface area contributed by atoms with Crippen LogP contribution < -0.4 is 5.32 Å². The second-order valence-electron chi connectivity index (χ2n) is 5.93. The molecule has 1 aromatic heterocycles. The number of halogens is 1. The van der Waals surface area contributed by atoms with Gasteiger partial charge < -0.3 is 9.73 Å². The summed E-state index contributed by atoms with van der Waals surface area (Å²) < 4.78 is 5.24. The van der Waals surface area contributed by atoms with Gasteiger partial charge in [0.05, 0.1) is 6.26 Å². The Hall–Kier alpha value is -0.470. The van der Waals surface area contributed by atoms with Crippen molar-refractivity contribution in [3.8, 4) is 0 Å². The van der Waals surface area contributed by atoms with E-state index in [0.29, 0.717) is 11.3 Å². The van der Waals surface area contributed by atoms with Gasteiger partial charge in [-0.25, -0.2) is 0 Å². The van der Waals surface area contributed by atoms with Gasteiger partial charge in [-0.05, 0) is 67.6 Å². The van der Waals surface area contributed by atoms with Crippen molar-refractivity contribution in [3.05, 3.63) is 23.1 Å². The third-order valence-corrected chi connectivity index (χ3v) is 5.20. The Labute approximate surface area is 114 Å². The van der Waals surface area contributed by atoms with Crippen LogP contribution in [0.25, 0.3) is 0 Å². The van der Waals surface area contributed by atoms with Crippen LogP contribution in [0, 0.1) is 17.8 Å². The first-order valence-electron chi connectivity index (χ1n) is 7.24. The maximum Gasteiger partial charge on any atom is 0.197 e. The lowest BCUT2D eigenvalue weighted by Crippen LogP contribution is -2.25. The van der Waals surface area contributed by atoms with Crippen molar-refractivity contribution < 1.29 is 4.42 Å². The molecule has 0 spiro atoms. The Morgan fingerprint density at radius 1 is 1.44 bits per heavy atom. The van der Waals surface area contributed by atoms with E-state index in [4.69, 9.17) is 16.0 Å². The van der Waals surface area contributed by atoms with Crippen LogP contribution in [-0.2, 0) is 0 Å². The van der Waals surface area contributed by atoms with Gasteiger partial charge in [0.25, 0.3) is 0 Å². The lowest BCUT2D eigenvalue weighted by atomic mass is 9.83. The summed E-state index contributed by atoms with van der Waals surface area (Å²) in [6.07, 6.45) is 8.74. The molecular formula is C15H22ClNO. The zero-order valence-corrected chi connectivity index (χ0v) is 11.7. The molecule has 0 saturated heterocycles. The molecule has 4 atom stereocenters. The molecule has 100 valence electrons. The Bertz CT molecular complexity index is 403. The fraction of sp³-hybridized carbons (Fsp3) is 0.733. The molecule has 18 heavy (non-hydrogen) atoms. The topological polar surface area (TPSA) is 25.2 Å². The van der Waals surface area contributed by atoms with Gasteiger partial charge in [-0.15, -0.1) is 0 Å². The second-order valence-corrected chi connectivity index (χ2v) is 6.27. The molecule has 4 unspecified atom stereocenters. The van der Waals surface area contributed by atoms with Crippen LogP contribution in [0.1, 0.15) is 50.6 Å². The molecule has 2 nitrogen and oxygen atoms in total. The monoisotopic (exact) mass is 267 g/mol. The highest BCUT2D eigenvalue weighted by molar-refractivity contribution is 6.29. The summed E-state index contributed by atoms with van der Waals surface area (Å²) in [4.78, 5) is 0. The zero-order valence-electron chi connectivity index (χ0n) is 11.0. The highest BCUT2D eigenvalue weighted by Gasteiger charge is 2.40. The molecular weight excluding hydrogens is 246 g/mol. The first-order chi connectivity index (χ1) is 8.78. The van der Waals surface area contributed by atoms with Crippen molar-refractivity contribution in [2.75, 3.05) is 6.54 Å². The lowest BCUT2D eigenvalue weighted by Gasteiger charge is -2.27. The number of hydrogen-bond donors (Lipinski definition) is 1. The number of hydrogen-bond acceptors (Lipinski definition) is 2. The molecule has 0 amide bonds. The van der Waals surface area contributed by atoms with Crippen molar-refractivity contribution in [1.82, 2.24) is 5.32 Å². The van der Waals surface area contributed by atoms with E-state index in [1.54, 1.807) is 6.26 Å². The van der Waals surface area contributed by atoms with Gasteiger partial charge in [0.1, 0.15) is 0 Å². The van der Waals surface area contributed by atoms with E-state index in [2.05, 4.69) is 12.2 Å². The minimum atomic E-state index is 0.366. The summed E-state index contributed by atoms with van der Waals surface area (Å²) in [5.74, 6) is 2.88. The van der Waals surface area contributed by atoms with Crippen molar-refractivity contribution in [2.45, 2.75) is 45.1 Å². The number of furan rings is 1. The van der Waals surface area contributed by atoms with Crippen LogP contribution in [0.4, 0.5) is 0 Å². The van der Waals surface area contributed by atoms with Crippen LogP contribution in [0.15, 0.2) is 16.7 Å². The summed E-state index contributed by atoms with van der Waals surface area (Å²) in [7, 11) is 0. The second kappa shape index (κ2) is 5.26. The Kier molecular flexibility index (Phi) is 3.67. The third-order valence-electron chi connectivity index (χ3n) is 4.89. The van der Waals surface area contributed by atoms with Crippen LogP contribution >= 0.6 is 11.6 Å². The summed E-state index contributed by atoms with van der Waals surface area (Å²) in [6.45, 7) is 3.13. The van der Waals surface area contributed by atoms with E-state index >= 15 is 0 Å². The van der Waals surface area contributed by atoms with Gasteiger partial charge in [-0.3, -0.25) is 0 Å². The zero-order chi connectivity index (χ0) is 12.5. The SMILES string of the molecule is CCNC(CC1CC2CCC1C2)c1ccoc1Cl. The minimum Gasteiger partial charge on any atom is -0.453 e. The molecule has 1 N–H and O–H groups in total. The quantitative estimate of drug-likeness (QED) is 0.855. The maximum absolute atomic E-state index is 6.13. The van der Waals surface area contributed by atoms with E-state index in [1.165, 1.54) is 32.1 Å². The van der Waals surface area contributed by atoms with Crippen molar-refractivity contribution in [2.24, 2.45) is 17.8 Å². The Morgan fingerprint density at radius 3 is 2.89 bits per heavy atom. The van der Waals surface area contributed by atoms with Crippen LogP contribution in [0.5, 0.6) is 0 Å². The van der Waals surface area contributed by atoms with Gasteiger partial charge in [0.2, 0.25) is 0 Å². The van der Waals surface area contributed by atoms with Gasteiger partial charge >= 0.3 is 0 Å². The van der Waals surface area contributed by atoms with Gasteiger partial charge in [0, 0.05) is 11.6 Å². The fourth-order valence-corrected chi connectivity index (χ4v) is 4.33. The van der Waals surface area contributed by atoms with E-state index in [1.807, 2.05) is 6.07 Å². The molecule has 1 heterocycles. The van der Waals surface area contributed by atoms with Crippen LogP contribution in [-0.4, -0.2) is 6.54 Å². The molecule has 0 radical (unpaired) electrons. The summed E-state index contributed by atoms with van der Waals surface area (Å²) >= 11 is 6.13. The van der Waals surface area contributed by atoms with Gasteiger partial charge in [-0.2, -0.15) is 0 Å². The number of nitrogens with one attached hydrogen (secondary N) is 1. The smallest absolute Gasteiger partial charge is 0.197 e. The molecule has 0 aromatic carbocycles. The largest absolute Gasteiger partial charge is 0.453 e. The Morgan fingerprint density at radius 2 is 2.33 bits per heavy atom.